The molecule has 2 aromatic heterocycles. The molecule has 3 aromatic rings. The summed E-state index contributed by atoms with van der Waals surface area (Å²) in [6, 6.07) is 6.42. The van der Waals surface area contributed by atoms with E-state index in [9.17, 15) is 13.2 Å². The summed E-state index contributed by atoms with van der Waals surface area (Å²) >= 11 is 12.1. The first kappa shape index (κ1) is 22.0. The molecule has 1 saturated heterocycles. The normalized spacial score (nSPS) is 15.6. The lowest BCUT2D eigenvalue weighted by atomic mass is 10.2. The van der Waals surface area contributed by atoms with Crippen molar-refractivity contribution in [2.45, 2.75) is 25.7 Å². The molecule has 8 nitrogen and oxygen atoms in total. The summed E-state index contributed by atoms with van der Waals surface area (Å²) < 4.78 is 29.0. The molecule has 0 radical (unpaired) electrons. The van der Waals surface area contributed by atoms with Crippen LogP contribution in [0.5, 0.6) is 0 Å². The number of aryl methyl sites for hydroxylation is 3. The Kier molecular flexibility index (Phi) is 5.72. The number of carbonyl (C=O) groups excluding carboxylic acids is 1. The lowest BCUT2D eigenvalue weighted by molar-refractivity contribution is 0.0699. The Balaban J connectivity index is 1.57. The van der Waals surface area contributed by atoms with Gasteiger partial charge < -0.3 is 4.90 Å². The number of benzene rings is 1. The van der Waals surface area contributed by atoms with E-state index in [1.807, 2.05) is 19.9 Å². The van der Waals surface area contributed by atoms with Crippen LogP contribution in [0.4, 0.5) is 0 Å². The van der Waals surface area contributed by atoms with Gasteiger partial charge in [-0.2, -0.15) is 9.40 Å². The maximum Gasteiger partial charge on any atom is 0.259 e. The lowest BCUT2D eigenvalue weighted by Gasteiger charge is -2.34. The summed E-state index contributed by atoms with van der Waals surface area (Å²) in [5.41, 5.74) is 3.24. The van der Waals surface area contributed by atoms with E-state index in [4.69, 9.17) is 23.2 Å². The molecule has 0 unspecified atom stereocenters. The van der Waals surface area contributed by atoms with Gasteiger partial charge in [-0.1, -0.05) is 29.3 Å². The van der Waals surface area contributed by atoms with E-state index >= 15 is 0 Å². The van der Waals surface area contributed by atoms with Gasteiger partial charge >= 0.3 is 0 Å². The molecule has 0 saturated carbocycles. The molecule has 1 fully saturated rings. The van der Waals surface area contributed by atoms with Crippen LogP contribution in [0.2, 0.25) is 10.0 Å². The van der Waals surface area contributed by atoms with Crippen molar-refractivity contribution < 1.29 is 13.2 Å². The van der Waals surface area contributed by atoms with Crippen LogP contribution in [-0.4, -0.2) is 64.3 Å². The van der Waals surface area contributed by atoms with Gasteiger partial charge in [0.2, 0.25) is 10.0 Å². The number of carbonyl (C=O) groups is 1. The van der Waals surface area contributed by atoms with Gasteiger partial charge in [-0.15, -0.1) is 0 Å². The van der Waals surface area contributed by atoms with Gasteiger partial charge in [0.25, 0.3) is 5.91 Å². The van der Waals surface area contributed by atoms with Crippen molar-refractivity contribution >= 4 is 44.8 Å². The maximum atomic E-state index is 13.3. The largest absolute Gasteiger partial charge is 0.336 e. The lowest BCUT2D eigenvalue weighted by Crippen LogP contribution is -2.50. The molecular formula is C20H21Cl2N5O3S. The zero-order chi connectivity index (χ0) is 22.5. The SMILES string of the molecule is Cc1cc(C)n2nc(C)c(C(=O)N3CCN(S(=O)(=O)c4cccc(Cl)c4Cl)CC3)c2n1. The second-order valence-corrected chi connectivity index (χ2v) is 10.2. The number of hydrogen-bond donors (Lipinski definition) is 0. The topological polar surface area (TPSA) is 87.9 Å². The van der Waals surface area contributed by atoms with Crippen LogP contribution in [0.15, 0.2) is 29.2 Å². The summed E-state index contributed by atoms with van der Waals surface area (Å²) in [6.45, 7) is 6.36. The number of rotatable bonds is 3. The van der Waals surface area contributed by atoms with Crippen molar-refractivity contribution in [2.75, 3.05) is 26.2 Å². The Labute approximate surface area is 190 Å². The molecule has 1 aromatic carbocycles. The third-order valence-electron chi connectivity index (χ3n) is 5.34. The van der Waals surface area contributed by atoms with Crippen LogP contribution in [0.3, 0.4) is 0 Å². The summed E-state index contributed by atoms with van der Waals surface area (Å²) in [5, 5.41) is 4.63. The summed E-state index contributed by atoms with van der Waals surface area (Å²) in [7, 11) is -3.82. The fourth-order valence-corrected chi connectivity index (χ4v) is 5.95. The fraction of sp³-hybridized carbons (Fsp3) is 0.350. The third kappa shape index (κ3) is 3.80. The first-order valence-electron chi connectivity index (χ1n) is 9.68. The highest BCUT2D eigenvalue weighted by molar-refractivity contribution is 7.89. The highest BCUT2D eigenvalue weighted by atomic mass is 35.5. The predicted octanol–water partition coefficient (Wildman–Crippen LogP) is 3.11. The minimum atomic E-state index is -3.82. The molecule has 0 aliphatic carbocycles. The maximum absolute atomic E-state index is 13.3. The minimum Gasteiger partial charge on any atom is -0.336 e. The van der Waals surface area contributed by atoms with Gasteiger partial charge in [-0.25, -0.2) is 17.9 Å². The molecule has 0 spiro atoms. The molecule has 0 N–H and O–H groups in total. The molecule has 11 heteroatoms. The third-order valence-corrected chi connectivity index (χ3v) is 8.22. The van der Waals surface area contributed by atoms with Crippen LogP contribution in [0, 0.1) is 20.8 Å². The molecule has 3 heterocycles. The number of fused-ring (bicyclic) bond motifs is 1. The molecule has 1 aliphatic rings. The van der Waals surface area contributed by atoms with E-state index in [-0.39, 0.29) is 47.0 Å². The van der Waals surface area contributed by atoms with Gasteiger partial charge in [0.1, 0.15) is 10.5 Å². The summed E-state index contributed by atoms with van der Waals surface area (Å²) in [6.07, 6.45) is 0. The second-order valence-electron chi connectivity index (χ2n) is 7.48. The van der Waals surface area contributed by atoms with E-state index in [0.29, 0.717) is 16.9 Å². The minimum absolute atomic E-state index is 0.00136. The number of nitrogens with zero attached hydrogens (tertiary/aromatic N) is 5. The van der Waals surface area contributed by atoms with E-state index in [0.717, 1.165) is 11.4 Å². The van der Waals surface area contributed by atoms with Crippen molar-refractivity contribution in [2.24, 2.45) is 0 Å². The number of hydrogen-bond acceptors (Lipinski definition) is 5. The Bertz CT molecular complexity index is 1300. The predicted molar refractivity (Wildman–Crippen MR) is 118 cm³/mol. The Morgan fingerprint density at radius 2 is 1.74 bits per heavy atom. The Hall–Kier alpha value is -2.20. The number of amides is 1. The molecule has 1 aliphatic heterocycles. The molecule has 31 heavy (non-hydrogen) atoms. The number of sulfonamides is 1. The fourth-order valence-electron chi connectivity index (χ4n) is 3.79. The molecule has 0 atom stereocenters. The molecule has 4 rings (SSSR count). The Morgan fingerprint density at radius 1 is 1.06 bits per heavy atom. The van der Waals surface area contributed by atoms with Gasteiger partial charge in [0.15, 0.2) is 5.65 Å². The van der Waals surface area contributed by atoms with Crippen LogP contribution in [-0.2, 0) is 10.0 Å². The zero-order valence-electron chi connectivity index (χ0n) is 17.3. The summed E-state index contributed by atoms with van der Waals surface area (Å²) in [4.78, 5) is 19.4. The molecular weight excluding hydrogens is 461 g/mol. The van der Waals surface area contributed by atoms with E-state index < -0.39 is 10.0 Å². The first-order valence-corrected chi connectivity index (χ1v) is 11.9. The van der Waals surface area contributed by atoms with Gasteiger partial charge in [0, 0.05) is 37.6 Å². The van der Waals surface area contributed by atoms with Gasteiger partial charge in [-0.05, 0) is 39.0 Å². The van der Waals surface area contributed by atoms with Crippen molar-refractivity contribution in [3.8, 4) is 0 Å². The van der Waals surface area contributed by atoms with Crippen LogP contribution >= 0.6 is 23.2 Å². The van der Waals surface area contributed by atoms with Gasteiger partial charge in [-0.3, -0.25) is 4.79 Å². The summed E-state index contributed by atoms with van der Waals surface area (Å²) in [5.74, 6) is -0.206. The van der Waals surface area contributed by atoms with Crippen molar-refractivity contribution in [3.63, 3.8) is 0 Å². The quantitative estimate of drug-likeness (QED) is 0.573. The number of halogens is 2. The van der Waals surface area contributed by atoms with Gasteiger partial charge in [0.05, 0.1) is 15.7 Å². The smallest absolute Gasteiger partial charge is 0.259 e. The molecule has 164 valence electrons. The van der Waals surface area contributed by atoms with Crippen LogP contribution < -0.4 is 0 Å². The average Bonchev–Trinajstić information content (AvgIpc) is 3.05. The number of aromatic nitrogens is 3. The van der Waals surface area contributed by atoms with Crippen molar-refractivity contribution in [3.05, 3.63) is 57.0 Å². The highest BCUT2D eigenvalue weighted by Gasteiger charge is 2.33. The first-order chi connectivity index (χ1) is 14.6. The Morgan fingerprint density at radius 3 is 2.42 bits per heavy atom. The van der Waals surface area contributed by atoms with Crippen LogP contribution in [0.25, 0.3) is 5.65 Å². The number of piperazine rings is 1. The monoisotopic (exact) mass is 481 g/mol. The van der Waals surface area contributed by atoms with Crippen molar-refractivity contribution in [1.29, 1.82) is 0 Å². The molecule has 0 bridgehead atoms. The van der Waals surface area contributed by atoms with E-state index in [1.54, 1.807) is 22.4 Å². The standard InChI is InChI=1S/C20H21Cl2N5O3S/c1-12-11-13(2)27-19(23-12)17(14(3)24-27)20(28)25-7-9-26(10-8-25)31(29,30)16-6-4-5-15(21)18(16)22/h4-6,11H,7-10H2,1-3H3. The van der Waals surface area contributed by atoms with Crippen LogP contribution in [0.1, 0.15) is 27.4 Å². The second kappa shape index (κ2) is 8.05. The molecule has 1 amide bonds. The highest BCUT2D eigenvalue weighted by Crippen LogP contribution is 2.31. The van der Waals surface area contributed by atoms with Crippen molar-refractivity contribution in [1.82, 2.24) is 23.8 Å². The van der Waals surface area contributed by atoms with E-state index in [2.05, 4.69) is 10.1 Å². The average molecular weight is 482 g/mol. The van der Waals surface area contributed by atoms with E-state index in [1.165, 1.54) is 16.4 Å². The zero-order valence-corrected chi connectivity index (χ0v) is 19.6.